The van der Waals surface area contributed by atoms with Crippen LogP contribution < -0.4 is 4.74 Å². The molecule has 2 rings (SSSR count). The van der Waals surface area contributed by atoms with E-state index in [1.807, 2.05) is 6.07 Å². The predicted octanol–water partition coefficient (Wildman–Crippen LogP) is 3.39. The zero-order chi connectivity index (χ0) is 14.7. The second-order valence-electron chi connectivity index (χ2n) is 4.07. The maximum atomic E-state index is 10.9. The largest absolute Gasteiger partial charge is 0.484 e. The number of aromatic carboxylic acids is 1. The van der Waals surface area contributed by atoms with E-state index in [0.717, 1.165) is 0 Å². The minimum atomic E-state index is -1.13. The van der Waals surface area contributed by atoms with E-state index in [9.17, 15) is 4.79 Å². The average Bonchev–Trinajstić information content (AvgIpc) is 2.78. The molecule has 2 aromatic rings. The number of carboxylic acids is 1. The van der Waals surface area contributed by atoms with Gasteiger partial charge in [-0.3, -0.25) is 0 Å². The summed E-state index contributed by atoms with van der Waals surface area (Å²) in [5.41, 5.74) is 0.860. The fraction of sp³-hybridized carbons (Fsp3) is 0.143. The average molecular weight is 292 g/mol. The van der Waals surface area contributed by atoms with E-state index in [1.54, 1.807) is 25.1 Å². The van der Waals surface area contributed by atoms with E-state index in [0.29, 0.717) is 27.7 Å². The first-order chi connectivity index (χ1) is 9.51. The summed E-state index contributed by atoms with van der Waals surface area (Å²) in [6, 6.07) is 8.23. The van der Waals surface area contributed by atoms with Gasteiger partial charge in [-0.15, -0.1) is 0 Å². The Bertz CT molecular complexity index is 700. The van der Waals surface area contributed by atoms with Crippen molar-refractivity contribution < 1.29 is 19.1 Å². The number of hydrogen-bond acceptors (Lipinski definition) is 4. The normalized spacial score (nSPS) is 10.1. The Morgan fingerprint density at radius 1 is 1.50 bits per heavy atom. The van der Waals surface area contributed by atoms with E-state index in [-0.39, 0.29) is 12.4 Å². The lowest BCUT2D eigenvalue weighted by Gasteiger charge is -2.06. The molecule has 0 aliphatic carbocycles. The zero-order valence-corrected chi connectivity index (χ0v) is 11.3. The summed E-state index contributed by atoms with van der Waals surface area (Å²) in [4.78, 5) is 10.9. The third kappa shape index (κ3) is 2.92. The molecule has 0 saturated heterocycles. The van der Waals surface area contributed by atoms with Gasteiger partial charge in [0, 0.05) is 16.7 Å². The Labute approximate surface area is 120 Å². The molecule has 0 amide bonds. The molecule has 0 fully saturated rings. The van der Waals surface area contributed by atoms with Crippen LogP contribution in [0.25, 0.3) is 0 Å². The molecule has 6 heteroatoms. The Kier molecular flexibility index (Phi) is 3.97. The van der Waals surface area contributed by atoms with Crippen molar-refractivity contribution in [2.24, 2.45) is 0 Å². The summed E-state index contributed by atoms with van der Waals surface area (Å²) in [6.07, 6.45) is 0. The highest BCUT2D eigenvalue weighted by Gasteiger charge is 2.15. The number of aryl methyl sites for hydroxylation is 1. The van der Waals surface area contributed by atoms with Gasteiger partial charge in [-0.25, -0.2) is 4.79 Å². The molecule has 0 aliphatic heterocycles. The summed E-state index contributed by atoms with van der Waals surface area (Å²) in [5.74, 6) is -0.556. The molecule has 0 atom stereocenters. The van der Waals surface area contributed by atoms with Crippen LogP contribution in [0.15, 0.2) is 28.7 Å². The molecule has 0 radical (unpaired) electrons. The molecule has 0 saturated carbocycles. The van der Waals surface area contributed by atoms with Gasteiger partial charge in [-0.05, 0) is 25.1 Å². The zero-order valence-electron chi connectivity index (χ0n) is 10.5. The van der Waals surface area contributed by atoms with Crippen LogP contribution in [0.4, 0.5) is 0 Å². The maximum absolute atomic E-state index is 10.9. The topological polar surface area (TPSA) is 83.5 Å². The van der Waals surface area contributed by atoms with Crippen molar-refractivity contribution in [3.05, 3.63) is 51.9 Å². The lowest BCUT2D eigenvalue weighted by atomic mass is 10.2. The highest BCUT2D eigenvalue weighted by atomic mass is 35.5. The van der Waals surface area contributed by atoms with Gasteiger partial charge in [0.05, 0.1) is 5.56 Å². The Morgan fingerprint density at radius 2 is 2.25 bits per heavy atom. The number of halogens is 1. The van der Waals surface area contributed by atoms with Crippen molar-refractivity contribution in [2.75, 3.05) is 0 Å². The first kappa shape index (κ1) is 14.0. The van der Waals surface area contributed by atoms with Gasteiger partial charge in [0.15, 0.2) is 0 Å². The summed E-state index contributed by atoms with van der Waals surface area (Å²) in [7, 11) is 0. The van der Waals surface area contributed by atoms with Crippen LogP contribution in [0.5, 0.6) is 5.75 Å². The van der Waals surface area contributed by atoms with Crippen molar-refractivity contribution in [2.45, 2.75) is 13.5 Å². The summed E-state index contributed by atoms with van der Waals surface area (Å²) in [5, 5.41) is 18.3. The first-order valence-corrected chi connectivity index (χ1v) is 6.04. The number of hydrogen-bond donors (Lipinski definition) is 1. The van der Waals surface area contributed by atoms with Gasteiger partial charge >= 0.3 is 5.97 Å². The number of rotatable bonds is 4. The molecule has 1 aromatic heterocycles. The van der Waals surface area contributed by atoms with Gasteiger partial charge < -0.3 is 14.3 Å². The molecule has 5 nitrogen and oxygen atoms in total. The molecule has 1 N–H and O–H groups in total. The molecule has 20 heavy (non-hydrogen) atoms. The molecule has 1 aromatic carbocycles. The predicted molar refractivity (Wildman–Crippen MR) is 70.9 cm³/mol. The smallest absolute Gasteiger partial charge is 0.372 e. The molecule has 0 unspecified atom stereocenters. The SMILES string of the molecule is Cc1cc(COc2cc(Cl)ccc2C#N)oc1C(=O)O. The molecule has 0 bridgehead atoms. The van der Waals surface area contributed by atoms with Crippen LogP contribution in [0, 0.1) is 18.3 Å². The third-order valence-electron chi connectivity index (χ3n) is 2.60. The number of ether oxygens (including phenoxy) is 1. The molecule has 1 heterocycles. The number of nitrogens with zero attached hydrogens (tertiary/aromatic N) is 1. The van der Waals surface area contributed by atoms with Crippen LogP contribution in [0.1, 0.15) is 27.4 Å². The van der Waals surface area contributed by atoms with Gasteiger partial charge in [-0.1, -0.05) is 11.6 Å². The first-order valence-electron chi connectivity index (χ1n) is 5.66. The van der Waals surface area contributed by atoms with Crippen LogP contribution in [0.3, 0.4) is 0 Å². The third-order valence-corrected chi connectivity index (χ3v) is 2.83. The van der Waals surface area contributed by atoms with Crippen molar-refractivity contribution in [3.8, 4) is 11.8 Å². The maximum Gasteiger partial charge on any atom is 0.372 e. The van der Waals surface area contributed by atoms with Gasteiger partial charge in [-0.2, -0.15) is 5.26 Å². The van der Waals surface area contributed by atoms with Gasteiger partial charge in [0.1, 0.15) is 24.2 Å². The van der Waals surface area contributed by atoms with E-state index >= 15 is 0 Å². The van der Waals surface area contributed by atoms with Crippen molar-refractivity contribution in [1.82, 2.24) is 0 Å². The quantitative estimate of drug-likeness (QED) is 0.933. The fourth-order valence-electron chi connectivity index (χ4n) is 1.69. The van der Waals surface area contributed by atoms with E-state index in [2.05, 4.69) is 0 Å². The fourth-order valence-corrected chi connectivity index (χ4v) is 1.85. The number of carbonyl (C=O) groups is 1. The molecule has 0 aliphatic rings. The Morgan fingerprint density at radius 3 is 2.85 bits per heavy atom. The Hall–Kier alpha value is -2.45. The summed E-state index contributed by atoms with van der Waals surface area (Å²) >= 11 is 5.84. The lowest BCUT2D eigenvalue weighted by molar-refractivity contribution is 0.0657. The Balaban J connectivity index is 2.17. The van der Waals surface area contributed by atoms with Crippen LogP contribution in [-0.2, 0) is 6.61 Å². The van der Waals surface area contributed by atoms with E-state index in [1.165, 1.54) is 6.07 Å². The molecule has 102 valence electrons. The van der Waals surface area contributed by atoms with Gasteiger partial charge in [0.2, 0.25) is 5.76 Å². The second-order valence-corrected chi connectivity index (χ2v) is 4.51. The number of benzene rings is 1. The lowest BCUT2D eigenvalue weighted by Crippen LogP contribution is -1.97. The van der Waals surface area contributed by atoms with Crippen LogP contribution in [-0.4, -0.2) is 11.1 Å². The number of nitriles is 1. The van der Waals surface area contributed by atoms with E-state index < -0.39 is 5.97 Å². The minimum absolute atomic E-state index is 0.0170. The number of carboxylic acid groups (broad SMARTS) is 1. The highest BCUT2D eigenvalue weighted by Crippen LogP contribution is 2.24. The molecule has 0 spiro atoms. The summed E-state index contributed by atoms with van der Waals surface area (Å²) in [6.45, 7) is 1.65. The molecular formula is C14H10ClNO4. The molecular weight excluding hydrogens is 282 g/mol. The van der Waals surface area contributed by atoms with Crippen molar-refractivity contribution in [1.29, 1.82) is 5.26 Å². The summed E-state index contributed by atoms with van der Waals surface area (Å²) < 4.78 is 10.6. The van der Waals surface area contributed by atoms with Crippen molar-refractivity contribution >= 4 is 17.6 Å². The van der Waals surface area contributed by atoms with Crippen LogP contribution >= 0.6 is 11.6 Å². The van der Waals surface area contributed by atoms with E-state index in [4.69, 9.17) is 31.1 Å². The van der Waals surface area contributed by atoms with Gasteiger partial charge in [0.25, 0.3) is 0 Å². The number of furan rings is 1. The highest BCUT2D eigenvalue weighted by molar-refractivity contribution is 6.30. The minimum Gasteiger partial charge on any atom is -0.484 e. The van der Waals surface area contributed by atoms with Crippen molar-refractivity contribution in [3.63, 3.8) is 0 Å². The van der Waals surface area contributed by atoms with Crippen LogP contribution in [0.2, 0.25) is 5.02 Å². The standard InChI is InChI=1S/C14H10ClNO4/c1-8-4-11(20-13(8)14(17)18)7-19-12-5-10(15)3-2-9(12)6-16/h2-5H,7H2,1H3,(H,17,18). The second kappa shape index (κ2) is 5.68. The monoisotopic (exact) mass is 291 g/mol.